The van der Waals surface area contributed by atoms with Crippen molar-refractivity contribution in [3.05, 3.63) is 0 Å². The Balaban J connectivity index is 2.22. The molecule has 0 aliphatic heterocycles. The van der Waals surface area contributed by atoms with Gasteiger partial charge < -0.3 is 10.1 Å². The van der Waals surface area contributed by atoms with Gasteiger partial charge in [-0.05, 0) is 25.8 Å². The van der Waals surface area contributed by atoms with E-state index >= 15 is 0 Å². The standard InChI is InChI=1S/C14H28N2O2/c1-3-16(13-8-5-4-6-9-13)12-14(17)15-10-7-11-18-2/h13H,3-12H2,1-2H3,(H,15,17). The first-order valence-corrected chi connectivity index (χ1v) is 7.27. The van der Waals surface area contributed by atoms with E-state index in [0.717, 1.165) is 19.5 Å². The Morgan fingerprint density at radius 2 is 2.06 bits per heavy atom. The highest BCUT2D eigenvalue weighted by atomic mass is 16.5. The molecule has 0 aromatic carbocycles. The molecule has 106 valence electrons. The van der Waals surface area contributed by atoms with Gasteiger partial charge in [-0.2, -0.15) is 0 Å². The van der Waals surface area contributed by atoms with Crippen LogP contribution >= 0.6 is 0 Å². The predicted molar refractivity (Wildman–Crippen MR) is 73.6 cm³/mol. The van der Waals surface area contributed by atoms with Crippen LogP contribution in [0.4, 0.5) is 0 Å². The fourth-order valence-corrected chi connectivity index (χ4v) is 2.63. The molecule has 0 bridgehead atoms. The number of hydrogen-bond donors (Lipinski definition) is 1. The second-order valence-corrected chi connectivity index (χ2v) is 5.05. The number of carbonyl (C=O) groups excluding carboxylic acids is 1. The molecule has 4 heteroatoms. The van der Waals surface area contributed by atoms with E-state index in [2.05, 4.69) is 17.1 Å². The lowest BCUT2D eigenvalue weighted by Crippen LogP contribution is -2.43. The molecular weight excluding hydrogens is 228 g/mol. The predicted octanol–water partition coefficient (Wildman–Crippen LogP) is 1.79. The van der Waals surface area contributed by atoms with Crippen molar-refractivity contribution < 1.29 is 9.53 Å². The molecule has 0 saturated heterocycles. The van der Waals surface area contributed by atoms with E-state index in [1.807, 2.05) is 0 Å². The first-order valence-electron chi connectivity index (χ1n) is 7.27. The highest BCUT2D eigenvalue weighted by molar-refractivity contribution is 5.78. The molecule has 0 radical (unpaired) electrons. The van der Waals surface area contributed by atoms with Gasteiger partial charge in [-0.25, -0.2) is 0 Å². The number of nitrogens with zero attached hydrogens (tertiary/aromatic N) is 1. The number of carbonyl (C=O) groups is 1. The van der Waals surface area contributed by atoms with Crippen LogP contribution in [-0.4, -0.2) is 50.2 Å². The Kier molecular flexibility index (Phi) is 8.01. The Morgan fingerprint density at radius 3 is 2.67 bits per heavy atom. The maximum atomic E-state index is 11.8. The van der Waals surface area contributed by atoms with Crippen LogP contribution in [-0.2, 0) is 9.53 Å². The lowest BCUT2D eigenvalue weighted by Gasteiger charge is -2.32. The van der Waals surface area contributed by atoms with Gasteiger partial charge in [-0.3, -0.25) is 9.69 Å². The lowest BCUT2D eigenvalue weighted by molar-refractivity contribution is -0.123. The van der Waals surface area contributed by atoms with Crippen LogP contribution in [0.2, 0.25) is 0 Å². The van der Waals surface area contributed by atoms with E-state index in [1.165, 1.54) is 32.1 Å². The first kappa shape index (κ1) is 15.4. The van der Waals surface area contributed by atoms with Crippen molar-refractivity contribution in [2.24, 2.45) is 0 Å². The molecule has 1 aliphatic carbocycles. The monoisotopic (exact) mass is 256 g/mol. The number of methoxy groups -OCH3 is 1. The number of rotatable bonds is 8. The molecule has 1 fully saturated rings. The molecule has 1 rings (SSSR count). The highest BCUT2D eigenvalue weighted by Gasteiger charge is 2.21. The van der Waals surface area contributed by atoms with Crippen molar-refractivity contribution in [2.75, 3.05) is 33.4 Å². The molecule has 0 unspecified atom stereocenters. The zero-order valence-corrected chi connectivity index (χ0v) is 11.9. The Hall–Kier alpha value is -0.610. The largest absolute Gasteiger partial charge is 0.385 e. The lowest BCUT2D eigenvalue weighted by atomic mass is 9.94. The maximum absolute atomic E-state index is 11.8. The minimum Gasteiger partial charge on any atom is -0.385 e. The van der Waals surface area contributed by atoms with Gasteiger partial charge in [0.2, 0.25) is 5.91 Å². The maximum Gasteiger partial charge on any atom is 0.234 e. The van der Waals surface area contributed by atoms with Gasteiger partial charge in [-0.1, -0.05) is 26.2 Å². The van der Waals surface area contributed by atoms with Crippen LogP contribution in [0.1, 0.15) is 45.4 Å². The average molecular weight is 256 g/mol. The third-order valence-corrected chi connectivity index (χ3v) is 3.69. The van der Waals surface area contributed by atoms with E-state index in [-0.39, 0.29) is 5.91 Å². The SMILES string of the molecule is CCN(CC(=O)NCCCOC)C1CCCCC1. The van der Waals surface area contributed by atoms with Crippen LogP contribution in [0.3, 0.4) is 0 Å². The van der Waals surface area contributed by atoms with Crippen LogP contribution < -0.4 is 5.32 Å². The van der Waals surface area contributed by atoms with Crippen molar-refractivity contribution in [1.29, 1.82) is 0 Å². The zero-order chi connectivity index (χ0) is 13.2. The number of hydrogen-bond acceptors (Lipinski definition) is 3. The summed E-state index contributed by atoms with van der Waals surface area (Å²) < 4.78 is 4.96. The summed E-state index contributed by atoms with van der Waals surface area (Å²) in [4.78, 5) is 14.1. The minimum atomic E-state index is 0.151. The summed E-state index contributed by atoms with van der Waals surface area (Å²) in [5.41, 5.74) is 0. The summed E-state index contributed by atoms with van der Waals surface area (Å²) in [6, 6.07) is 0.619. The molecule has 1 N–H and O–H groups in total. The molecule has 0 spiro atoms. The van der Waals surface area contributed by atoms with E-state index in [9.17, 15) is 4.79 Å². The normalized spacial score (nSPS) is 17.1. The van der Waals surface area contributed by atoms with E-state index in [1.54, 1.807) is 7.11 Å². The quantitative estimate of drug-likeness (QED) is 0.673. The summed E-state index contributed by atoms with van der Waals surface area (Å²) in [5, 5.41) is 2.96. The third kappa shape index (κ3) is 5.83. The Bertz CT molecular complexity index is 228. The van der Waals surface area contributed by atoms with Crippen molar-refractivity contribution in [3.63, 3.8) is 0 Å². The van der Waals surface area contributed by atoms with Crippen LogP contribution in [0.15, 0.2) is 0 Å². The van der Waals surface area contributed by atoms with Crippen molar-refractivity contribution in [1.82, 2.24) is 10.2 Å². The summed E-state index contributed by atoms with van der Waals surface area (Å²) in [7, 11) is 1.68. The first-order chi connectivity index (χ1) is 8.77. The van der Waals surface area contributed by atoms with E-state index in [0.29, 0.717) is 19.2 Å². The molecule has 1 amide bonds. The summed E-state index contributed by atoms with van der Waals surface area (Å²) in [6.07, 6.45) is 7.39. The van der Waals surface area contributed by atoms with Gasteiger partial charge in [0.15, 0.2) is 0 Å². The van der Waals surface area contributed by atoms with Gasteiger partial charge >= 0.3 is 0 Å². The topological polar surface area (TPSA) is 41.6 Å². The fraction of sp³-hybridized carbons (Fsp3) is 0.929. The summed E-state index contributed by atoms with van der Waals surface area (Å²) in [6.45, 7) is 5.09. The number of ether oxygens (including phenoxy) is 1. The molecular formula is C14H28N2O2. The van der Waals surface area contributed by atoms with Crippen LogP contribution in [0.25, 0.3) is 0 Å². The minimum absolute atomic E-state index is 0.151. The summed E-state index contributed by atoms with van der Waals surface area (Å²) in [5.74, 6) is 0.151. The Labute approximate surface area is 111 Å². The van der Waals surface area contributed by atoms with E-state index in [4.69, 9.17) is 4.74 Å². The number of amides is 1. The third-order valence-electron chi connectivity index (χ3n) is 3.69. The van der Waals surface area contributed by atoms with Crippen molar-refractivity contribution in [2.45, 2.75) is 51.5 Å². The fourth-order valence-electron chi connectivity index (χ4n) is 2.63. The molecule has 0 aromatic heterocycles. The van der Waals surface area contributed by atoms with Crippen molar-refractivity contribution in [3.8, 4) is 0 Å². The van der Waals surface area contributed by atoms with Gasteiger partial charge in [0.05, 0.1) is 6.54 Å². The van der Waals surface area contributed by atoms with Crippen LogP contribution in [0, 0.1) is 0 Å². The van der Waals surface area contributed by atoms with Gasteiger partial charge in [-0.15, -0.1) is 0 Å². The zero-order valence-electron chi connectivity index (χ0n) is 11.9. The average Bonchev–Trinajstić information content (AvgIpc) is 2.42. The van der Waals surface area contributed by atoms with Gasteiger partial charge in [0.25, 0.3) is 0 Å². The molecule has 0 aromatic rings. The highest BCUT2D eigenvalue weighted by Crippen LogP contribution is 2.22. The summed E-state index contributed by atoms with van der Waals surface area (Å²) >= 11 is 0. The molecule has 1 aliphatic rings. The molecule has 0 heterocycles. The van der Waals surface area contributed by atoms with Crippen molar-refractivity contribution >= 4 is 5.91 Å². The molecule has 1 saturated carbocycles. The van der Waals surface area contributed by atoms with Gasteiger partial charge in [0, 0.05) is 26.3 Å². The molecule has 18 heavy (non-hydrogen) atoms. The van der Waals surface area contributed by atoms with E-state index < -0.39 is 0 Å². The second-order valence-electron chi connectivity index (χ2n) is 5.05. The van der Waals surface area contributed by atoms with Gasteiger partial charge in [0.1, 0.15) is 0 Å². The Morgan fingerprint density at radius 1 is 1.33 bits per heavy atom. The smallest absolute Gasteiger partial charge is 0.234 e. The second kappa shape index (κ2) is 9.34. The molecule has 4 nitrogen and oxygen atoms in total. The molecule has 0 atom stereocenters. The number of nitrogens with one attached hydrogen (secondary N) is 1. The number of likely N-dealkylation sites (N-methyl/N-ethyl adjacent to an activating group) is 1. The van der Waals surface area contributed by atoms with Crippen LogP contribution in [0.5, 0.6) is 0 Å².